The van der Waals surface area contributed by atoms with E-state index in [1.165, 1.54) is 5.56 Å². The molecule has 190 valence electrons. The summed E-state index contributed by atoms with van der Waals surface area (Å²) < 4.78 is 2.12. The van der Waals surface area contributed by atoms with Gasteiger partial charge in [0.2, 0.25) is 5.91 Å². The number of para-hydroxylation sites is 2. The minimum atomic E-state index is -0.254. The van der Waals surface area contributed by atoms with E-state index in [4.69, 9.17) is 0 Å². The van der Waals surface area contributed by atoms with Crippen LogP contribution in [0.3, 0.4) is 0 Å². The van der Waals surface area contributed by atoms with Crippen molar-refractivity contribution < 1.29 is 9.59 Å². The zero-order valence-electron chi connectivity index (χ0n) is 21.4. The third kappa shape index (κ3) is 4.00. The minimum absolute atomic E-state index is 0.0356. The van der Waals surface area contributed by atoms with Gasteiger partial charge in [0.15, 0.2) is 0 Å². The zero-order chi connectivity index (χ0) is 25.7. The second kappa shape index (κ2) is 9.34. The molecule has 2 aromatic heterocycles. The highest BCUT2D eigenvalue weighted by molar-refractivity contribution is 7.09. The van der Waals surface area contributed by atoms with Crippen molar-refractivity contribution in [1.29, 1.82) is 0 Å². The van der Waals surface area contributed by atoms with E-state index in [2.05, 4.69) is 51.1 Å². The van der Waals surface area contributed by atoms with E-state index in [1.807, 2.05) is 48.3 Å². The SMILES string of the molecule is CC(C)c1csc(CCNC(=O)Cn2c3c(c4ccccc42)CCN2C(=O)c4ccccc4N(C)C32)n1. The number of fused-ring (bicyclic) bond motifs is 6. The fraction of sp³-hybridized carbons (Fsp3) is 0.345. The van der Waals surface area contributed by atoms with Gasteiger partial charge in [-0.15, -0.1) is 11.3 Å². The molecule has 2 aliphatic heterocycles. The van der Waals surface area contributed by atoms with Gasteiger partial charge in [0.1, 0.15) is 12.7 Å². The number of carbonyl (C=O) groups is 2. The van der Waals surface area contributed by atoms with Crippen molar-refractivity contribution in [2.24, 2.45) is 0 Å². The predicted octanol–water partition coefficient (Wildman–Crippen LogP) is 4.73. The molecule has 0 saturated carbocycles. The summed E-state index contributed by atoms with van der Waals surface area (Å²) in [6, 6.07) is 16.0. The van der Waals surface area contributed by atoms with Crippen molar-refractivity contribution in [3.8, 4) is 0 Å². The maximum atomic E-state index is 13.5. The summed E-state index contributed by atoms with van der Waals surface area (Å²) in [5.74, 6) is 0.422. The molecular formula is C29H31N5O2S. The summed E-state index contributed by atoms with van der Waals surface area (Å²) in [5, 5.41) is 7.41. The maximum Gasteiger partial charge on any atom is 0.257 e. The number of aromatic nitrogens is 2. The smallest absolute Gasteiger partial charge is 0.257 e. The Balaban J connectivity index is 1.30. The van der Waals surface area contributed by atoms with Crippen LogP contribution in [0.15, 0.2) is 53.9 Å². The first-order valence-electron chi connectivity index (χ1n) is 12.9. The second-order valence-corrected chi connectivity index (χ2v) is 11.1. The van der Waals surface area contributed by atoms with Gasteiger partial charge in [-0.25, -0.2) is 4.98 Å². The fourth-order valence-electron chi connectivity index (χ4n) is 5.69. The molecule has 0 aliphatic carbocycles. The summed E-state index contributed by atoms with van der Waals surface area (Å²) in [6.45, 7) is 5.69. The van der Waals surface area contributed by atoms with Gasteiger partial charge in [-0.1, -0.05) is 44.2 Å². The number of hydrogen-bond donors (Lipinski definition) is 1. The number of nitrogens with one attached hydrogen (secondary N) is 1. The van der Waals surface area contributed by atoms with Crippen molar-refractivity contribution in [2.45, 2.75) is 45.3 Å². The highest BCUT2D eigenvalue weighted by Gasteiger charge is 2.42. The third-order valence-corrected chi connectivity index (χ3v) is 8.46. The predicted molar refractivity (Wildman–Crippen MR) is 147 cm³/mol. The van der Waals surface area contributed by atoms with Gasteiger partial charge in [-0.2, -0.15) is 0 Å². The number of anilines is 1. The molecule has 0 radical (unpaired) electrons. The Morgan fingerprint density at radius 3 is 2.76 bits per heavy atom. The van der Waals surface area contributed by atoms with Gasteiger partial charge < -0.3 is 19.7 Å². The first-order valence-corrected chi connectivity index (χ1v) is 13.8. The van der Waals surface area contributed by atoms with Crippen molar-refractivity contribution >= 4 is 39.7 Å². The largest absolute Gasteiger partial charge is 0.354 e. The van der Waals surface area contributed by atoms with E-state index in [0.717, 1.165) is 51.4 Å². The van der Waals surface area contributed by atoms with E-state index in [0.29, 0.717) is 19.0 Å². The van der Waals surface area contributed by atoms with Crippen LogP contribution in [0.1, 0.15) is 58.2 Å². The van der Waals surface area contributed by atoms with Crippen LogP contribution >= 0.6 is 11.3 Å². The summed E-state index contributed by atoms with van der Waals surface area (Å²) >= 11 is 1.65. The van der Waals surface area contributed by atoms with Crippen LogP contribution in [-0.2, 0) is 24.2 Å². The third-order valence-electron chi connectivity index (χ3n) is 7.53. The molecule has 2 aliphatic rings. The standard InChI is InChI=1S/C29H31N5O2S/c1-18(2)22-17-37-26(31-22)12-14-30-25(35)16-34-24-11-7-4-8-19(24)20-13-15-33-28(27(20)34)32(3)23-10-6-5-9-21(23)29(33)36/h4-11,17-18,28H,12-16H2,1-3H3,(H,30,35). The molecule has 0 fully saturated rings. The van der Waals surface area contributed by atoms with Gasteiger partial charge >= 0.3 is 0 Å². The quantitative estimate of drug-likeness (QED) is 0.405. The Hall–Kier alpha value is -3.65. The second-order valence-electron chi connectivity index (χ2n) is 10.1. The van der Waals surface area contributed by atoms with Crippen molar-refractivity contribution in [3.63, 3.8) is 0 Å². The van der Waals surface area contributed by atoms with Crippen LogP contribution in [0.2, 0.25) is 0 Å². The van der Waals surface area contributed by atoms with Gasteiger partial charge in [0, 0.05) is 42.8 Å². The Labute approximate surface area is 220 Å². The van der Waals surface area contributed by atoms with E-state index < -0.39 is 0 Å². The number of hydrogen-bond acceptors (Lipinski definition) is 5. The normalized spacial score (nSPS) is 16.6. The Kier molecular flexibility index (Phi) is 5.99. The topological polar surface area (TPSA) is 70.5 Å². The fourth-order valence-corrected chi connectivity index (χ4v) is 6.65. The van der Waals surface area contributed by atoms with Crippen molar-refractivity contribution in [2.75, 3.05) is 25.0 Å². The molecule has 4 aromatic rings. The number of amides is 2. The highest BCUT2D eigenvalue weighted by atomic mass is 32.1. The molecular weight excluding hydrogens is 482 g/mol. The lowest BCUT2D eigenvalue weighted by Crippen LogP contribution is -2.51. The lowest BCUT2D eigenvalue weighted by atomic mass is 9.96. The van der Waals surface area contributed by atoms with Crippen LogP contribution in [0, 0.1) is 0 Å². The monoisotopic (exact) mass is 513 g/mol. The molecule has 2 aromatic carbocycles. The average molecular weight is 514 g/mol. The lowest BCUT2D eigenvalue weighted by Gasteiger charge is -2.46. The lowest BCUT2D eigenvalue weighted by molar-refractivity contribution is -0.121. The molecule has 37 heavy (non-hydrogen) atoms. The molecule has 7 nitrogen and oxygen atoms in total. The molecule has 0 saturated heterocycles. The Morgan fingerprint density at radius 1 is 1.16 bits per heavy atom. The molecule has 1 N–H and O–H groups in total. The van der Waals surface area contributed by atoms with Gasteiger partial charge in [0.25, 0.3) is 5.91 Å². The van der Waals surface area contributed by atoms with Crippen molar-refractivity contribution in [1.82, 2.24) is 19.8 Å². The first-order chi connectivity index (χ1) is 17.9. The molecule has 6 rings (SSSR count). The number of nitrogens with zero attached hydrogens (tertiary/aromatic N) is 4. The molecule has 0 spiro atoms. The van der Waals surface area contributed by atoms with Crippen LogP contribution in [0.4, 0.5) is 5.69 Å². The molecule has 1 atom stereocenters. The maximum absolute atomic E-state index is 13.5. The van der Waals surface area contributed by atoms with Crippen LogP contribution < -0.4 is 10.2 Å². The zero-order valence-corrected chi connectivity index (χ0v) is 22.2. The first kappa shape index (κ1) is 23.7. The van der Waals surface area contributed by atoms with E-state index >= 15 is 0 Å². The summed E-state index contributed by atoms with van der Waals surface area (Å²) in [5.41, 5.74) is 6.06. The molecule has 4 heterocycles. The minimum Gasteiger partial charge on any atom is -0.354 e. The van der Waals surface area contributed by atoms with Gasteiger partial charge in [-0.05, 0) is 36.1 Å². The summed E-state index contributed by atoms with van der Waals surface area (Å²) in [4.78, 5) is 35.5. The van der Waals surface area contributed by atoms with E-state index in [-0.39, 0.29) is 24.5 Å². The molecule has 2 amide bonds. The number of benzene rings is 2. The number of thiazole rings is 1. The molecule has 1 unspecified atom stereocenters. The Morgan fingerprint density at radius 2 is 1.95 bits per heavy atom. The highest BCUT2D eigenvalue weighted by Crippen LogP contribution is 2.44. The van der Waals surface area contributed by atoms with E-state index in [9.17, 15) is 9.59 Å². The molecule has 8 heteroatoms. The van der Waals surface area contributed by atoms with Crippen LogP contribution in [0.5, 0.6) is 0 Å². The summed E-state index contributed by atoms with van der Waals surface area (Å²) in [7, 11) is 2.04. The van der Waals surface area contributed by atoms with Crippen LogP contribution in [-0.4, -0.2) is 46.4 Å². The van der Waals surface area contributed by atoms with Crippen LogP contribution in [0.25, 0.3) is 10.9 Å². The Bertz CT molecular complexity index is 1500. The molecule has 0 bridgehead atoms. The average Bonchev–Trinajstić information content (AvgIpc) is 3.50. The summed E-state index contributed by atoms with van der Waals surface area (Å²) in [6.07, 6.45) is 1.24. The van der Waals surface area contributed by atoms with Gasteiger partial charge in [-0.3, -0.25) is 9.59 Å². The van der Waals surface area contributed by atoms with Crippen molar-refractivity contribution in [3.05, 3.63) is 81.4 Å². The van der Waals surface area contributed by atoms with E-state index in [1.54, 1.807) is 11.3 Å². The number of rotatable bonds is 6. The number of carbonyl (C=O) groups excluding carboxylic acids is 2. The van der Waals surface area contributed by atoms with Gasteiger partial charge in [0.05, 0.1) is 27.6 Å².